The van der Waals surface area contributed by atoms with Gasteiger partial charge in [0.2, 0.25) is 0 Å². The zero-order chi connectivity index (χ0) is 8.55. The van der Waals surface area contributed by atoms with Crippen LogP contribution in [0.4, 0.5) is 0 Å². The van der Waals surface area contributed by atoms with Gasteiger partial charge in [0.25, 0.3) is 0 Å². The average molecular weight is 165 g/mol. The molecule has 1 atom stereocenters. The maximum absolute atomic E-state index is 5.56. The Morgan fingerprint density at radius 1 is 1.75 bits per heavy atom. The summed E-state index contributed by atoms with van der Waals surface area (Å²) in [6, 6.07) is 0.733. The first-order chi connectivity index (χ1) is 5.81. The van der Waals surface area contributed by atoms with E-state index in [0.717, 1.165) is 11.7 Å². The summed E-state index contributed by atoms with van der Waals surface area (Å²) in [5.74, 6) is 0.394. The molecule has 2 N–H and O–H groups in total. The lowest BCUT2D eigenvalue weighted by molar-refractivity contribution is 0.728. The molecule has 12 heavy (non-hydrogen) atoms. The van der Waals surface area contributed by atoms with E-state index in [1.54, 1.807) is 0 Å². The Hall–Kier alpha value is -0.830. The molecule has 0 aromatic carbocycles. The van der Waals surface area contributed by atoms with Crippen molar-refractivity contribution < 1.29 is 0 Å². The molecule has 3 nitrogen and oxygen atoms in total. The molecule has 2 rings (SSSR count). The van der Waals surface area contributed by atoms with E-state index in [2.05, 4.69) is 22.7 Å². The van der Waals surface area contributed by atoms with E-state index in [9.17, 15) is 0 Å². The fraction of sp³-hybridized carbons (Fsp3) is 0.667. The van der Waals surface area contributed by atoms with E-state index in [1.807, 2.05) is 6.33 Å². The van der Waals surface area contributed by atoms with Crippen molar-refractivity contribution in [3.8, 4) is 0 Å². The summed E-state index contributed by atoms with van der Waals surface area (Å²) in [6.45, 7) is 2.79. The first-order valence-electron chi connectivity index (χ1n) is 4.54. The molecule has 0 bridgehead atoms. The summed E-state index contributed by atoms with van der Waals surface area (Å²) in [5.41, 5.74) is 6.68. The second-order valence-electron chi connectivity index (χ2n) is 3.61. The largest absolute Gasteiger partial charge is 0.334 e. The number of nitrogens with two attached hydrogens (primary N) is 1. The zero-order valence-corrected chi connectivity index (χ0v) is 7.40. The Bertz CT molecular complexity index is 262. The lowest BCUT2D eigenvalue weighted by Crippen LogP contribution is -2.08. The van der Waals surface area contributed by atoms with Gasteiger partial charge >= 0.3 is 0 Å². The lowest BCUT2D eigenvalue weighted by atomic mass is 10.1. The number of imidazole rings is 1. The Balaban J connectivity index is 2.12. The van der Waals surface area contributed by atoms with Gasteiger partial charge in [-0.25, -0.2) is 4.98 Å². The predicted octanol–water partition coefficient (Wildman–Crippen LogP) is 1.28. The van der Waals surface area contributed by atoms with Crippen LogP contribution < -0.4 is 5.73 Å². The molecule has 0 amide bonds. The third-order valence-electron chi connectivity index (χ3n) is 2.45. The molecular weight excluding hydrogens is 150 g/mol. The van der Waals surface area contributed by atoms with Crippen LogP contribution in [0.15, 0.2) is 12.5 Å². The third-order valence-corrected chi connectivity index (χ3v) is 2.45. The van der Waals surface area contributed by atoms with Crippen LogP contribution in [0, 0.1) is 0 Å². The van der Waals surface area contributed by atoms with Crippen LogP contribution in [0.1, 0.15) is 37.4 Å². The molecule has 1 heterocycles. The lowest BCUT2D eigenvalue weighted by Gasteiger charge is -2.02. The maximum Gasteiger partial charge on any atom is 0.0952 e. The van der Waals surface area contributed by atoms with Crippen molar-refractivity contribution in [2.24, 2.45) is 5.73 Å². The molecule has 1 aromatic heterocycles. The third kappa shape index (κ3) is 1.37. The molecule has 1 aliphatic rings. The molecule has 1 aromatic rings. The Morgan fingerprint density at radius 2 is 2.50 bits per heavy atom. The van der Waals surface area contributed by atoms with Gasteiger partial charge in [-0.2, -0.15) is 0 Å². The Labute approximate surface area is 72.6 Å². The van der Waals surface area contributed by atoms with E-state index in [1.165, 1.54) is 12.8 Å². The molecule has 1 unspecified atom stereocenters. The van der Waals surface area contributed by atoms with Gasteiger partial charge in [0, 0.05) is 24.7 Å². The van der Waals surface area contributed by atoms with Crippen molar-refractivity contribution in [1.82, 2.24) is 9.55 Å². The first kappa shape index (κ1) is 7.80. The SMILES string of the molecule is CC(CN)c1cn(C2CC2)cn1. The minimum Gasteiger partial charge on any atom is -0.334 e. The minimum absolute atomic E-state index is 0.394. The normalized spacial score (nSPS) is 19.5. The molecule has 1 saturated carbocycles. The molecule has 3 heteroatoms. The molecule has 0 aliphatic heterocycles. The highest BCUT2D eigenvalue weighted by molar-refractivity contribution is 5.06. The molecule has 0 spiro atoms. The van der Waals surface area contributed by atoms with Gasteiger partial charge < -0.3 is 10.3 Å². The van der Waals surface area contributed by atoms with Crippen LogP contribution in [0.3, 0.4) is 0 Å². The van der Waals surface area contributed by atoms with Gasteiger partial charge in [0.15, 0.2) is 0 Å². The molecule has 0 radical (unpaired) electrons. The molecule has 1 fully saturated rings. The van der Waals surface area contributed by atoms with E-state index in [0.29, 0.717) is 12.5 Å². The maximum atomic E-state index is 5.56. The fourth-order valence-corrected chi connectivity index (χ4v) is 1.30. The van der Waals surface area contributed by atoms with Gasteiger partial charge in [-0.1, -0.05) is 6.92 Å². The summed E-state index contributed by atoms with van der Waals surface area (Å²) < 4.78 is 2.21. The average Bonchev–Trinajstić information content (AvgIpc) is 2.83. The highest BCUT2D eigenvalue weighted by Gasteiger charge is 2.23. The van der Waals surface area contributed by atoms with Crippen molar-refractivity contribution in [3.63, 3.8) is 0 Å². The topological polar surface area (TPSA) is 43.8 Å². The summed E-state index contributed by atoms with van der Waals surface area (Å²) >= 11 is 0. The van der Waals surface area contributed by atoms with Crippen LogP contribution in [-0.4, -0.2) is 16.1 Å². The standard InChI is InChI=1S/C9H15N3/c1-7(4-10)9-5-12(6-11-9)8-2-3-8/h5-8H,2-4,10H2,1H3. The molecule has 1 aliphatic carbocycles. The Kier molecular flexibility index (Phi) is 1.89. The number of aromatic nitrogens is 2. The quantitative estimate of drug-likeness (QED) is 0.733. The minimum atomic E-state index is 0.394. The predicted molar refractivity (Wildman–Crippen MR) is 48.0 cm³/mol. The summed E-state index contributed by atoms with van der Waals surface area (Å²) in [7, 11) is 0. The van der Waals surface area contributed by atoms with Crippen molar-refractivity contribution in [1.29, 1.82) is 0 Å². The van der Waals surface area contributed by atoms with Gasteiger partial charge in [0.1, 0.15) is 0 Å². The summed E-state index contributed by atoms with van der Waals surface area (Å²) in [5, 5.41) is 0. The van der Waals surface area contributed by atoms with Crippen LogP contribution in [0.2, 0.25) is 0 Å². The van der Waals surface area contributed by atoms with Gasteiger partial charge in [-0.3, -0.25) is 0 Å². The van der Waals surface area contributed by atoms with Crippen molar-refractivity contribution in [3.05, 3.63) is 18.2 Å². The molecule has 66 valence electrons. The number of hydrogen-bond donors (Lipinski definition) is 1. The van der Waals surface area contributed by atoms with Crippen LogP contribution in [0.5, 0.6) is 0 Å². The van der Waals surface area contributed by atoms with E-state index in [4.69, 9.17) is 5.73 Å². The Morgan fingerprint density at radius 3 is 3.08 bits per heavy atom. The van der Waals surface area contributed by atoms with Crippen LogP contribution >= 0.6 is 0 Å². The van der Waals surface area contributed by atoms with Crippen LogP contribution in [0.25, 0.3) is 0 Å². The highest BCUT2D eigenvalue weighted by Crippen LogP contribution is 2.34. The number of nitrogens with zero attached hydrogens (tertiary/aromatic N) is 2. The fourth-order valence-electron chi connectivity index (χ4n) is 1.30. The zero-order valence-electron chi connectivity index (χ0n) is 7.40. The van der Waals surface area contributed by atoms with Gasteiger partial charge in [-0.15, -0.1) is 0 Å². The summed E-state index contributed by atoms with van der Waals surface area (Å²) in [6.07, 6.45) is 6.69. The molecular formula is C9H15N3. The van der Waals surface area contributed by atoms with Gasteiger partial charge in [-0.05, 0) is 12.8 Å². The van der Waals surface area contributed by atoms with E-state index < -0.39 is 0 Å². The van der Waals surface area contributed by atoms with Crippen LogP contribution in [-0.2, 0) is 0 Å². The van der Waals surface area contributed by atoms with Crippen molar-refractivity contribution >= 4 is 0 Å². The van der Waals surface area contributed by atoms with E-state index in [-0.39, 0.29) is 0 Å². The van der Waals surface area contributed by atoms with Crippen molar-refractivity contribution in [2.75, 3.05) is 6.54 Å². The van der Waals surface area contributed by atoms with E-state index >= 15 is 0 Å². The van der Waals surface area contributed by atoms with Crippen molar-refractivity contribution in [2.45, 2.75) is 31.7 Å². The number of rotatable bonds is 3. The highest BCUT2D eigenvalue weighted by atomic mass is 15.1. The smallest absolute Gasteiger partial charge is 0.0952 e. The molecule has 0 saturated heterocycles. The second kappa shape index (κ2) is 2.90. The monoisotopic (exact) mass is 165 g/mol. The summed E-state index contributed by atoms with van der Waals surface area (Å²) in [4.78, 5) is 4.33. The number of hydrogen-bond acceptors (Lipinski definition) is 2. The first-order valence-corrected chi connectivity index (χ1v) is 4.54. The second-order valence-corrected chi connectivity index (χ2v) is 3.61. The van der Waals surface area contributed by atoms with Gasteiger partial charge in [0.05, 0.1) is 12.0 Å².